The van der Waals surface area contributed by atoms with Crippen LogP contribution in [0.3, 0.4) is 0 Å². The van der Waals surface area contributed by atoms with Gasteiger partial charge in [-0.1, -0.05) is 18.2 Å². The van der Waals surface area contributed by atoms with Gasteiger partial charge in [-0.3, -0.25) is 9.59 Å². The summed E-state index contributed by atoms with van der Waals surface area (Å²) >= 11 is 0. The molecule has 3 rings (SSSR count). The number of piperidine rings is 1. The fourth-order valence-electron chi connectivity index (χ4n) is 3.22. The topological polar surface area (TPSA) is 52.7 Å². The lowest BCUT2D eigenvalue weighted by Gasteiger charge is -2.37. The zero-order valence-electron chi connectivity index (χ0n) is 13.2. The van der Waals surface area contributed by atoms with E-state index in [1.165, 1.54) is 0 Å². The summed E-state index contributed by atoms with van der Waals surface area (Å²) in [6.07, 6.45) is 1.87. The van der Waals surface area contributed by atoms with Crippen LogP contribution in [0.1, 0.15) is 23.2 Å². The molecule has 0 aliphatic carbocycles. The molecule has 2 amide bonds. The summed E-state index contributed by atoms with van der Waals surface area (Å²) in [6, 6.07) is 9.35. The molecular weight excluding hydrogens is 314 g/mol. The van der Waals surface area contributed by atoms with E-state index in [-0.39, 0.29) is 30.1 Å². The number of hydrogen-bond donors (Lipinski definition) is 1. The maximum Gasteiger partial charge on any atom is 0.253 e. The normalized spacial score (nSPS) is 19.1. The van der Waals surface area contributed by atoms with E-state index in [1.807, 2.05) is 40.1 Å². The van der Waals surface area contributed by atoms with Crippen LogP contribution in [0, 0.1) is 5.92 Å². The summed E-state index contributed by atoms with van der Waals surface area (Å²) in [6.45, 7) is 4.43. The highest BCUT2D eigenvalue weighted by Crippen LogP contribution is 2.17. The van der Waals surface area contributed by atoms with Gasteiger partial charge in [-0.15, -0.1) is 12.4 Å². The summed E-state index contributed by atoms with van der Waals surface area (Å²) in [4.78, 5) is 28.7. The van der Waals surface area contributed by atoms with Crippen molar-refractivity contribution in [2.75, 3.05) is 39.3 Å². The average Bonchev–Trinajstić information content (AvgIpc) is 2.62. The van der Waals surface area contributed by atoms with E-state index in [0.717, 1.165) is 31.5 Å². The molecule has 0 spiro atoms. The Morgan fingerprint density at radius 3 is 2.09 bits per heavy atom. The second-order valence-corrected chi connectivity index (χ2v) is 6.01. The van der Waals surface area contributed by atoms with E-state index < -0.39 is 0 Å². The van der Waals surface area contributed by atoms with E-state index >= 15 is 0 Å². The number of hydrogen-bond acceptors (Lipinski definition) is 3. The van der Waals surface area contributed by atoms with Gasteiger partial charge in [0.1, 0.15) is 0 Å². The third kappa shape index (κ3) is 4.24. The highest BCUT2D eigenvalue weighted by Gasteiger charge is 2.29. The molecule has 2 heterocycles. The first-order valence-corrected chi connectivity index (χ1v) is 8.09. The number of nitrogens with zero attached hydrogens (tertiary/aromatic N) is 2. The largest absolute Gasteiger partial charge is 0.339 e. The standard InChI is InChI=1S/C17H23N3O2.ClH/c21-16(14-4-2-1-3-5-14)19-10-12-20(13-11-19)17(22)15-6-8-18-9-7-15;/h1-5,15,18H,6-13H2;1H. The van der Waals surface area contributed by atoms with Crippen LogP contribution in [0.4, 0.5) is 0 Å². The molecule has 126 valence electrons. The van der Waals surface area contributed by atoms with Crippen molar-refractivity contribution in [1.29, 1.82) is 0 Å². The van der Waals surface area contributed by atoms with Gasteiger partial charge in [-0.25, -0.2) is 0 Å². The minimum atomic E-state index is 0. The Hall–Kier alpha value is -1.59. The van der Waals surface area contributed by atoms with Gasteiger partial charge in [0.15, 0.2) is 0 Å². The van der Waals surface area contributed by atoms with Crippen molar-refractivity contribution in [3.63, 3.8) is 0 Å². The van der Waals surface area contributed by atoms with Gasteiger partial charge in [-0.05, 0) is 38.1 Å². The SMILES string of the molecule is Cl.O=C(c1ccccc1)N1CCN(C(=O)C2CCNCC2)CC1. The molecule has 6 heteroatoms. The van der Waals surface area contributed by atoms with Crippen molar-refractivity contribution in [3.05, 3.63) is 35.9 Å². The van der Waals surface area contributed by atoms with Crippen LogP contribution in [0.2, 0.25) is 0 Å². The van der Waals surface area contributed by atoms with E-state index in [4.69, 9.17) is 0 Å². The number of rotatable bonds is 2. The third-order valence-electron chi connectivity index (χ3n) is 4.59. The Kier molecular flexibility index (Phi) is 6.42. The lowest BCUT2D eigenvalue weighted by Crippen LogP contribution is -2.52. The average molecular weight is 338 g/mol. The summed E-state index contributed by atoms with van der Waals surface area (Å²) in [5.74, 6) is 0.500. The molecule has 0 aromatic heterocycles. The molecule has 2 aliphatic rings. The summed E-state index contributed by atoms with van der Waals surface area (Å²) < 4.78 is 0. The second-order valence-electron chi connectivity index (χ2n) is 6.01. The maximum atomic E-state index is 12.5. The van der Waals surface area contributed by atoms with E-state index in [0.29, 0.717) is 26.2 Å². The maximum absolute atomic E-state index is 12.5. The van der Waals surface area contributed by atoms with Crippen molar-refractivity contribution in [2.45, 2.75) is 12.8 Å². The molecule has 0 bridgehead atoms. The fourth-order valence-corrected chi connectivity index (χ4v) is 3.22. The van der Waals surface area contributed by atoms with Crippen molar-refractivity contribution in [3.8, 4) is 0 Å². The van der Waals surface area contributed by atoms with Gasteiger partial charge in [0.25, 0.3) is 5.91 Å². The van der Waals surface area contributed by atoms with Crippen LogP contribution in [0.25, 0.3) is 0 Å². The molecule has 1 aromatic rings. The number of amides is 2. The summed E-state index contributed by atoms with van der Waals surface area (Å²) in [5.41, 5.74) is 0.723. The Morgan fingerprint density at radius 1 is 0.913 bits per heavy atom. The fraction of sp³-hybridized carbons (Fsp3) is 0.529. The van der Waals surface area contributed by atoms with Gasteiger partial charge in [0.2, 0.25) is 5.91 Å². The van der Waals surface area contributed by atoms with Crippen LogP contribution < -0.4 is 5.32 Å². The summed E-state index contributed by atoms with van der Waals surface area (Å²) in [5, 5.41) is 3.29. The first-order chi connectivity index (χ1) is 10.8. The molecule has 0 atom stereocenters. The Bertz CT molecular complexity index is 524. The Balaban J connectivity index is 0.00000192. The highest BCUT2D eigenvalue weighted by molar-refractivity contribution is 5.94. The van der Waals surface area contributed by atoms with Gasteiger partial charge < -0.3 is 15.1 Å². The molecule has 23 heavy (non-hydrogen) atoms. The number of halogens is 1. The van der Waals surface area contributed by atoms with Crippen molar-refractivity contribution >= 4 is 24.2 Å². The zero-order chi connectivity index (χ0) is 15.4. The second kappa shape index (κ2) is 8.31. The molecule has 2 fully saturated rings. The molecule has 2 saturated heterocycles. The minimum Gasteiger partial charge on any atom is -0.339 e. The third-order valence-corrected chi connectivity index (χ3v) is 4.59. The van der Waals surface area contributed by atoms with Crippen LogP contribution in [-0.4, -0.2) is 60.9 Å². The predicted molar refractivity (Wildman–Crippen MR) is 91.8 cm³/mol. The predicted octanol–water partition coefficient (Wildman–Crippen LogP) is 1.39. The van der Waals surface area contributed by atoms with Gasteiger partial charge in [0.05, 0.1) is 0 Å². The molecule has 0 radical (unpaired) electrons. The van der Waals surface area contributed by atoms with Crippen LogP contribution in [-0.2, 0) is 4.79 Å². The molecule has 2 aliphatic heterocycles. The summed E-state index contributed by atoms with van der Waals surface area (Å²) in [7, 11) is 0. The van der Waals surface area contributed by atoms with Crippen molar-refractivity contribution in [2.24, 2.45) is 5.92 Å². The number of carbonyl (C=O) groups excluding carboxylic acids is 2. The van der Waals surface area contributed by atoms with Crippen molar-refractivity contribution < 1.29 is 9.59 Å². The number of carbonyl (C=O) groups is 2. The van der Waals surface area contributed by atoms with Gasteiger partial charge in [-0.2, -0.15) is 0 Å². The number of nitrogens with one attached hydrogen (secondary N) is 1. The monoisotopic (exact) mass is 337 g/mol. The van der Waals surface area contributed by atoms with E-state index in [2.05, 4.69) is 5.32 Å². The van der Waals surface area contributed by atoms with Crippen LogP contribution >= 0.6 is 12.4 Å². The lowest BCUT2D eigenvalue weighted by atomic mass is 9.96. The van der Waals surface area contributed by atoms with Crippen LogP contribution in [0.15, 0.2) is 30.3 Å². The number of benzene rings is 1. The Labute approximate surface area is 143 Å². The molecule has 1 N–H and O–H groups in total. The first-order valence-electron chi connectivity index (χ1n) is 8.09. The van der Waals surface area contributed by atoms with E-state index in [9.17, 15) is 9.59 Å². The smallest absolute Gasteiger partial charge is 0.253 e. The molecule has 0 unspecified atom stereocenters. The first kappa shape index (κ1) is 17.8. The van der Waals surface area contributed by atoms with Gasteiger partial charge >= 0.3 is 0 Å². The molecular formula is C17H24ClN3O2. The lowest BCUT2D eigenvalue weighted by molar-refractivity contribution is -0.137. The Morgan fingerprint density at radius 2 is 1.48 bits per heavy atom. The zero-order valence-corrected chi connectivity index (χ0v) is 14.1. The minimum absolute atomic E-state index is 0. The van der Waals surface area contributed by atoms with Gasteiger partial charge in [0, 0.05) is 37.7 Å². The quantitative estimate of drug-likeness (QED) is 0.887. The van der Waals surface area contributed by atoms with Crippen molar-refractivity contribution in [1.82, 2.24) is 15.1 Å². The molecule has 0 saturated carbocycles. The highest BCUT2D eigenvalue weighted by atomic mass is 35.5. The van der Waals surface area contributed by atoms with E-state index in [1.54, 1.807) is 0 Å². The number of piperazine rings is 1. The molecule has 1 aromatic carbocycles. The molecule has 5 nitrogen and oxygen atoms in total. The van der Waals surface area contributed by atoms with Crippen LogP contribution in [0.5, 0.6) is 0 Å².